The van der Waals surface area contributed by atoms with Gasteiger partial charge in [0, 0.05) is 5.75 Å². The van der Waals surface area contributed by atoms with E-state index in [4.69, 9.17) is 0 Å². The van der Waals surface area contributed by atoms with Crippen molar-refractivity contribution in [3.8, 4) is 0 Å². The fourth-order valence-electron chi connectivity index (χ4n) is 1.59. The number of hydrazine groups is 1. The molecule has 0 unspecified atom stereocenters. The van der Waals surface area contributed by atoms with Gasteiger partial charge in [0.15, 0.2) is 0 Å². The quantitative estimate of drug-likeness (QED) is 0.387. The van der Waals surface area contributed by atoms with Gasteiger partial charge >= 0.3 is 0 Å². The first kappa shape index (κ1) is 9.36. The molecule has 2 N–H and O–H groups in total. The van der Waals surface area contributed by atoms with Gasteiger partial charge in [0.05, 0.1) is 0 Å². The average Bonchev–Trinajstić information content (AvgIpc) is 2.07. The van der Waals surface area contributed by atoms with Gasteiger partial charge in [-0.1, -0.05) is 31.2 Å². The number of rotatable bonds is 4. The lowest BCUT2D eigenvalue weighted by Gasteiger charge is -2.20. The maximum atomic E-state index is 3.06. The Morgan fingerprint density at radius 2 is 2.00 bits per heavy atom. The maximum Gasteiger partial charge on any atom is 0.0119 e. The molecule has 1 rings (SSSR count). The van der Waals surface area contributed by atoms with Crippen LogP contribution in [-0.4, -0.2) is 12.8 Å². The molecule has 0 saturated heterocycles. The second kappa shape index (κ2) is 5.86. The summed E-state index contributed by atoms with van der Waals surface area (Å²) < 4.78 is 0. The standard InChI is InChI=1S/C8H18N2S/c1-9-10-11-7-8-5-3-2-4-6-8/h8-10H,2-7H2,1H3. The second-order valence-electron chi connectivity index (χ2n) is 3.17. The van der Waals surface area contributed by atoms with Crippen molar-refractivity contribution in [2.45, 2.75) is 32.1 Å². The zero-order valence-corrected chi connectivity index (χ0v) is 8.04. The SMILES string of the molecule is CNNSCC1CCCCC1. The van der Waals surface area contributed by atoms with E-state index in [9.17, 15) is 0 Å². The van der Waals surface area contributed by atoms with Gasteiger partial charge in [-0.05, 0) is 25.8 Å². The van der Waals surface area contributed by atoms with E-state index in [0.717, 1.165) is 5.92 Å². The molecule has 0 radical (unpaired) electrons. The Bertz CT molecular complexity index is 92.1. The van der Waals surface area contributed by atoms with E-state index >= 15 is 0 Å². The molecule has 0 aromatic carbocycles. The lowest BCUT2D eigenvalue weighted by molar-refractivity contribution is 0.390. The van der Waals surface area contributed by atoms with Crippen molar-refractivity contribution >= 4 is 11.9 Å². The van der Waals surface area contributed by atoms with Crippen LogP contribution in [0.3, 0.4) is 0 Å². The lowest BCUT2D eigenvalue weighted by atomic mass is 9.91. The van der Waals surface area contributed by atoms with Gasteiger partial charge < -0.3 is 0 Å². The van der Waals surface area contributed by atoms with E-state index in [0.29, 0.717) is 0 Å². The Kier molecular flexibility index (Phi) is 4.99. The minimum Gasteiger partial charge on any atom is -0.251 e. The van der Waals surface area contributed by atoms with E-state index in [-0.39, 0.29) is 0 Å². The Labute approximate surface area is 73.6 Å². The average molecular weight is 174 g/mol. The fourth-order valence-corrected chi connectivity index (χ4v) is 2.38. The smallest absolute Gasteiger partial charge is 0.0119 e. The van der Waals surface area contributed by atoms with Crippen molar-refractivity contribution < 1.29 is 0 Å². The van der Waals surface area contributed by atoms with Crippen LogP contribution in [0.15, 0.2) is 0 Å². The summed E-state index contributed by atoms with van der Waals surface area (Å²) in [5.41, 5.74) is 2.92. The van der Waals surface area contributed by atoms with Crippen LogP contribution >= 0.6 is 11.9 Å². The van der Waals surface area contributed by atoms with Gasteiger partial charge in [-0.3, -0.25) is 5.43 Å². The van der Waals surface area contributed by atoms with Crippen molar-refractivity contribution in [2.75, 3.05) is 12.8 Å². The number of hydrogen-bond donors (Lipinski definition) is 2. The Morgan fingerprint density at radius 1 is 1.27 bits per heavy atom. The van der Waals surface area contributed by atoms with Crippen molar-refractivity contribution in [3.05, 3.63) is 0 Å². The van der Waals surface area contributed by atoms with Crippen molar-refractivity contribution in [2.24, 2.45) is 5.92 Å². The third-order valence-corrected chi connectivity index (χ3v) is 3.20. The van der Waals surface area contributed by atoms with E-state index in [2.05, 4.69) is 10.3 Å². The lowest BCUT2D eigenvalue weighted by Crippen LogP contribution is -2.22. The van der Waals surface area contributed by atoms with Crippen molar-refractivity contribution in [3.63, 3.8) is 0 Å². The first-order valence-electron chi connectivity index (χ1n) is 4.47. The zero-order chi connectivity index (χ0) is 7.94. The Hall–Kier alpha value is 0.270. The fraction of sp³-hybridized carbons (Fsp3) is 1.00. The van der Waals surface area contributed by atoms with Crippen LogP contribution < -0.4 is 10.3 Å². The van der Waals surface area contributed by atoms with E-state index in [1.165, 1.54) is 37.9 Å². The normalized spacial score (nSPS) is 20.5. The van der Waals surface area contributed by atoms with Gasteiger partial charge in [0.25, 0.3) is 0 Å². The molecule has 3 heteroatoms. The molecule has 0 aliphatic heterocycles. The molecule has 1 fully saturated rings. The van der Waals surface area contributed by atoms with Crippen molar-refractivity contribution in [1.82, 2.24) is 10.3 Å². The van der Waals surface area contributed by atoms with Gasteiger partial charge in [-0.2, -0.15) is 0 Å². The summed E-state index contributed by atoms with van der Waals surface area (Å²) in [6.07, 6.45) is 7.24. The highest BCUT2D eigenvalue weighted by atomic mass is 32.2. The molecular formula is C8H18N2S. The summed E-state index contributed by atoms with van der Waals surface area (Å²) in [4.78, 5) is 3.06. The molecule has 66 valence electrons. The summed E-state index contributed by atoms with van der Waals surface area (Å²) in [6.45, 7) is 0. The van der Waals surface area contributed by atoms with Crippen LogP contribution in [0.4, 0.5) is 0 Å². The van der Waals surface area contributed by atoms with E-state index < -0.39 is 0 Å². The summed E-state index contributed by atoms with van der Waals surface area (Å²) >= 11 is 1.80. The molecule has 0 amide bonds. The third-order valence-electron chi connectivity index (χ3n) is 2.22. The Balaban J connectivity index is 1.96. The third kappa shape index (κ3) is 3.99. The molecule has 2 nitrogen and oxygen atoms in total. The second-order valence-corrected chi connectivity index (χ2v) is 3.99. The van der Waals surface area contributed by atoms with Crippen LogP contribution in [0.25, 0.3) is 0 Å². The van der Waals surface area contributed by atoms with Gasteiger partial charge in [-0.25, -0.2) is 4.83 Å². The molecule has 0 spiro atoms. The summed E-state index contributed by atoms with van der Waals surface area (Å²) in [7, 11) is 1.91. The molecule has 0 heterocycles. The molecule has 1 saturated carbocycles. The van der Waals surface area contributed by atoms with Crippen LogP contribution in [0.1, 0.15) is 32.1 Å². The number of hydrogen-bond acceptors (Lipinski definition) is 3. The molecular weight excluding hydrogens is 156 g/mol. The van der Waals surface area contributed by atoms with Gasteiger partial charge in [0.1, 0.15) is 0 Å². The van der Waals surface area contributed by atoms with E-state index in [1.807, 2.05) is 7.05 Å². The van der Waals surface area contributed by atoms with Gasteiger partial charge in [0.2, 0.25) is 0 Å². The Morgan fingerprint density at radius 3 is 2.64 bits per heavy atom. The molecule has 0 aromatic heterocycles. The van der Waals surface area contributed by atoms with Crippen LogP contribution in [0.5, 0.6) is 0 Å². The zero-order valence-electron chi connectivity index (χ0n) is 7.23. The predicted octanol–water partition coefficient (Wildman–Crippen LogP) is 1.94. The molecule has 1 aliphatic carbocycles. The summed E-state index contributed by atoms with van der Waals surface area (Å²) in [5, 5.41) is 0. The molecule has 0 atom stereocenters. The van der Waals surface area contributed by atoms with E-state index in [1.54, 1.807) is 11.9 Å². The van der Waals surface area contributed by atoms with Crippen LogP contribution in [0, 0.1) is 5.92 Å². The molecule has 0 bridgehead atoms. The topological polar surface area (TPSA) is 24.1 Å². The minimum atomic E-state index is 0.967. The minimum absolute atomic E-state index is 0.967. The molecule has 11 heavy (non-hydrogen) atoms. The first-order valence-corrected chi connectivity index (χ1v) is 5.45. The largest absolute Gasteiger partial charge is 0.251 e. The molecule has 0 aromatic rings. The first-order chi connectivity index (χ1) is 5.43. The van der Waals surface area contributed by atoms with Crippen LogP contribution in [-0.2, 0) is 0 Å². The summed E-state index contributed by atoms with van der Waals surface area (Å²) in [5.74, 6) is 2.23. The molecule has 1 aliphatic rings. The predicted molar refractivity (Wildman–Crippen MR) is 51.2 cm³/mol. The highest BCUT2D eigenvalue weighted by Crippen LogP contribution is 2.25. The highest BCUT2D eigenvalue weighted by Gasteiger charge is 2.12. The van der Waals surface area contributed by atoms with Crippen LogP contribution in [0.2, 0.25) is 0 Å². The summed E-state index contributed by atoms with van der Waals surface area (Å²) in [6, 6.07) is 0. The monoisotopic (exact) mass is 174 g/mol. The number of nitrogens with one attached hydrogen (secondary N) is 2. The van der Waals surface area contributed by atoms with Gasteiger partial charge in [-0.15, -0.1) is 0 Å². The highest BCUT2D eigenvalue weighted by molar-refractivity contribution is 7.97. The maximum absolute atomic E-state index is 3.06. The van der Waals surface area contributed by atoms with Crippen molar-refractivity contribution in [1.29, 1.82) is 0 Å².